The van der Waals surface area contributed by atoms with Crippen LogP contribution in [-0.4, -0.2) is 16.8 Å². The fourth-order valence-electron chi connectivity index (χ4n) is 2.39. The number of rotatable bonds is 5. The molecule has 112 valence electrons. The van der Waals surface area contributed by atoms with Crippen molar-refractivity contribution in [3.05, 3.63) is 57.3 Å². The number of benzene rings is 1. The van der Waals surface area contributed by atoms with E-state index in [4.69, 9.17) is 0 Å². The van der Waals surface area contributed by atoms with Crippen molar-refractivity contribution >= 4 is 17.2 Å². The molecule has 0 spiro atoms. The van der Waals surface area contributed by atoms with Gasteiger partial charge < -0.3 is 4.90 Å². The lowest BCUT2D eigenvalue weighted by molar-refractivity contribution is 0.0695. The van der Waals surface area contributed by atoms with Gasteiger partial charge in [0.15, 0.2) is 0 Å². The van der Waals surface area contributed by atoms with E-state index in [1.165, 1.54) is 16.0 Å². The number of thiophene rings is 1. The molecule has 0 atom stereocenters. The smallest absolute Gasteiger partial charge is 0.264 e. The molecule has 0 unspecified atom stereocenters. The second-order valence-electron chi connectivity index (χ2n) is 5.56. The molecule has 3 heteroatoms. The van der Waals surface area contributed by atoms with Crippen LogP contribution in [0.1, 0.15) is 46.4 Å². The van der Waals surface area contributed by atoms with Crippen molar-refractivity contribution in [1.29, 1.82) is 0 Å². The van der Waals surface area contributed by atoms with E-state index in [9.17, 15) is 4.79 Å². The Balaban J connectivity index is 2.23. The molecule has 0 bridgehead atoms. The van der Waals surface area contributed by atoms with Gasteiger partial charge in [-0.1, -0.05) is 37.3 Å². The van der Waals surface area contributed by atoms with Gasteiger partial charge in [0.2, 0.25) is 0 Å². The third kappa shape index (κ3) is 3.73. The molecule has 2 nitrogen and oxygen atoms in total. The average molecular weight is 301 g/mol. The van der Waals surface area contributed by atoms with Crippen LogP contribution in [0.4, 0.5) is 0 Å². The fraction of sp³-hybridized carbons (Fsp3) is 0.389. The zero-order valence-corrected chi connectivity index (χ0v) is 14.0. The quantitative estimate of drug-likeness (QED) is 0.786. The van der Waals surface area contributed by atoms with Crippen LogP contribution in [0.3, 0.4) is 0 Å². The maximum absolute atomic E-state index is 12.8. The van der Waals surface area contributed by atoms with Gasteiger partial charge in [0.05, 0.1) is 4.88 Å². The van der Waals surface area contributed by atoms with Crippen molar-refractivity contribution in [1.82, 2.24) is 4.90 Å². The summed E-state index contributed by atoms with van der Waals surface area (Å²) in [7, 11) is 0. The summed E-state index contributed by atoms with van der Waals surface area (Å²) in [5, 5.41) is 0. The molecular formula is C18H23NOS. The number of amides is 1. The van der Waals surface area contributed by atoms with E-state index < -0.39 is 0 Å². The highest BCUT2D eigenvalue weighted by Gasteiger charge is 2.21. The molecular weight excluding hydrogens is 278 g/mol. The summed E-state index contributed by atoms with van der Waals surface area (Å²) >= 11 is 1.61. The number of carbonyl (C=O) groups excluding carboxylic acids is 1. The minimum Gasteiger partial charge on any atom is -0.331 e. The fourth-order valence-corrected chi connectivity index (χ4v) is 3.46. The summed E-state index contributed by atoms with van der Waals surface area (Å²) in [5.41, 5.74) is 2.45. The monoisotopic (exact) mass is 301 g/mol. The predicted octanol–water partition coefficient (Wildman–Crippen LogP) is 4.67. The maximum Gasteiger partial charge on any atom is 0.264 e. The number of nitrogens with zero attached hydrogens (tertiary/aromatic N) is 1. The summed E-state index contributed by atoms with van der Waals surface area (Å²) in [5.74, 6) is 0.140. The van der Waals surface area contributed by atoms with Crippen LogP contribution < -0.4 is 0 Å². The molecule has 2 rings (SSSR count). The van der Waals surface area contributed by atoms with Crippen molar-refractivity contribution in [2.45, 2.75) is 46.7 Å². The number of hydrogen-bond donors (Lipinski definition) is 0. The minimum atomic E-state index is 0.140. The highest BCUT2D eigenvalue weighted by atomic mass is 32.1. The van der Waals surface area contributed by atoms with Gasteiger partial charge in [-0.2, -0.15) is 0 Å². The molecule has 0 radical (unpaired) electrons. The van der Waals surface area contributed by atoms with E-state index in [1.54, 1.807) is 11.3 Å². The molecule has 0 N–H and O–H groups in total. The number of aryl methyl sites for hydroxylation is 2. The molecule has 1 aromatic carbocycles. The Kier molecular flexibility index (Phi) is 5.18. The lowest BCUT2D eigenvalue weighted by atomic mass is 10.1. The zero-order chi connectivity index (χ0) is 15.4. The molecule has 1 amide bonds. The Morgan fingerprint density at radius 1 is 1.24 bits per heavy atom. The van der Waals surface area contributed by atoms with Crippen LogP contribution in [0.2, 0.25) is 0 Å². The first-order chi connectivity index (χ1) is 10.0. The van der Waals surface area contributed by atoms with E-state index in [1.807, 2.05) is 23.1 Å². The summed E-state index contributed by atoms with van der Waals surface area (Å²) in [4.78, 5) is 16.9. The Hall–Kier alpha value is -1.61. The van der Waals surface area contributed by atoms with E-state index in [0.29, 0.717) is 6.54 Å². The second kappa shape index (κ2) is 6.90. The molecule has 0 aliphatic carbocycles. The minimum absolute atomic E-state index is 0.140. The van der Waals surface area contributed by atoms with Crippen molar-refractivity contribution in [2.75, 3.05) is 0 Å². The van der Waals surface area contributed by atoms with Gasteiger partial charge in [0.1, 0.15) is 0 Å². The molecule has 0 saturated carbocycles. The van der Waals surface area contributed by atoms with Crippen molar-refractivity contribution in [2.24, 2.45) is 0 Å². The van der Waals surface area contributed by atoms with Gasteiger partial charge in [0.25, 0.3) is 5.91 Å². The van der Waals surface area contributed by atoms with Crippen LogP contribution >= 0.6 is 11.3 Å². The van der Waals surface area contributed by atoms with Crippen LogP contribution in [0.25, 0.3) is 0 Å². The first-order valence-electron chi connectivity index (χ1n) is 7.47. The van der Waals surface area contributed by atoms with Crippen LogP contribution in [0.15, 0.2) is 36.4 Å². The van der Waals surface area contributed by atoms with Crippen molar-refractivity contribution in [3.63, 3.8) is 0 Å². The van der Waals surface area contributed by atoms with E-state index in [2.05, 4.69) is 45.9 Å². The lowest BCUT2D eigenvalue weighted by Crippen LogP contribution is -2.35. The standard InChI is InChI=1S/C18H23NOS/c1-5-16-11-17(21-14(16)4)18(20)19(13(2)3)12-15-9-7-6-8-10-15/h6-11,13H,5,12H2,1-4H3. The first-order valence-corrected chi connectivity index (χ1v) is 8.28. The normalized spacial score (nSPS) is 10.9. The predicted molar refractivity (Wildman–Crippen MR) is 89.9 cm³/mol. The number of hydrogen-bond acceptors (Lipinski definition) is 2. The lowest BCUT2D eigenvalue weighted by Gasteiger charge is -2.26. The topological polar surface area (TPSA) is 20.3 Å². The van der Waals surface area contributed by atoms with Gasteiger partial charge in [0, 0.05) is 17.5 Å². The molecule has 0 fully saturated rings. The Bertz CT molecular complexity index is 601. The molecule has 1 aromatic heterocycles. The third-order valence-corrected chi connectivity index (χ3v) is 4.77. The SMILES string of the molecule is CCc1cc(C(=O)N(Cc2ccccc2)C(C)C)sc1C. The third-order valence-electron chi connectivity index (χ3n) is 3.69. The Morgan fingerprint density at radius 3 is 2.43 bits per heavy atom. The molecule has 1 heterocycles. The van der Waals surface area contributed by atoms with Crippen molar-refractivity contribution in [3.8, 4) is 0 Å². The molecule has 0 saturated heterocycles. The van der Waals surface area contributed by atoms with Gasteiger partial charge >= 0.3 is 0 Å². The summed E-state index contributed by atoms with van der Waals surface area (Å²) in [6.45, 7) is 9.03. The second-order valence-corrected chi connectivity index (χ2v) is 6.81. The Morgan fingerprint density at radius 2 is 1.90 bits per heavy atom. The average Bonchev–Trinajstić information content (AvgIpc) is 2.86. The van der Waals surface area contributed by atoms with Crippen molar-refractivity contribution < 1.29 is 4.79 Å². The summed E-state index contributed by atoms with van der Waals surface area (Å²) in [6.07, 6.45) is 0.982. The van der Waals surface area contributed by atoms with Crippen LogP contribution in [0, 0.1) is 6.92 Å². The number of carbonyl (C=O) groups is 1. The largest absolute Gasteiger partial charge is 0.331 e. The van der Waals surface area contributed by atoms with E-state index in [-0.39, 0.29) is 11.9 Å². The van der Waals surface area contributed by atoms with E-state index >= 15 is 0 Å². The molecule has 0 aliphatic heterocycles. The van der Waals surface area contributed by atoms with Gasteiger partial charge in [-0.3, -0.25) is 4.79 Å². The zero-order valence-electron chi connectivity index (χ0n) is 13.2. The van der Waals surface area contributed by atoms with Crippen LogP contribution in [-0.2, 0) is 13.0 Å². The van der Waals surface area contributed by atoms with E-state index in [0.717, 1.165) is 11.3 Å². The van der Waals surface area contributed by atoms with Gasteiger partial charge in [-0.15, -0.1) is 11.3 Å². The van der Waals surface area contributed by atoms with Gasteiger partial charge in [-0.05, 0) is 44.4 Å². The Labute approximate surface area is 131 Å². The van der Waals surface area contributed by atoms with Gasteiger partial charge in [-0.25, -0.2) is 0 Å². The molecule has 0 aliphatic rings. The maximum atomic E-state index is 12.8. The summed E-state index contributed by atoms with van der Waals surface area (Å²) < 4.78 is 0. The first kappa shape index (κ1) is 15.8. The molecule has 21 heavy (non-hydrogen) atoms. The highest BCUT2D eigenvalue weighted by molar-refractivity contribution is 7.14. The summed E-state index contributed by atoms with van der Waals surface area (Å²) in [6, 6.07) is 12.4. The highest BCUT2D eigenvalue weighted by Crippen LogP contribution is 2.24. The molecule has 2 aromatic rings. The van der Waals surface area contributed by atoms with Crippen LogP contribution in [0.5, 0.6) is 0 Å².